The minimum absolute atomic E-state index is 0.344. The highest BCUT2D eigenvalue weighted by Crippen LogP contribution is 2.36. The van der Waals surface area contributed by atoms with Crippen LogP contribution in [0, 0.1) is 0 Å². The van der Waals surface area contributed by atoms with E-state index in [-0.39, 0.29) is 0 Å². The van der Waals surface area contributed by atoms with Crippen LogP contribution in [0.25, 0.3) is 11.0 Å². The van der Waals surface area contributed by atoms with E-state index in [9.17, 15) is 13.2 Å². The first kappa shape index (κ1) is 17.5. The van der Waals surface area contributed by atoms with Crippen molar-refractivity contribution in [3.8, 4) is 0 Å². The van der Waals surface area contributed by atoms with Crippen LogP contribution < -0.4 is 10.2 Å². The van der Waals surface area contributed by atoms with Gasteiger partial charge in [-0.2, -0.15) is 13.2 Å². The van der Waals surface area contributed by atoms with Crippen molar-refractivity contribution in [1.82, 2.24) is 9.97 Å². The Hall–Kier alpha value is -2.87. The van der Waals surface area contributed by atoms with E-state index in [0.717, 1.165) is 17.6 Å². The molecule has 140 valence electrons. The highest BCUT2D eigenvalue weighted by atomic mass is 19.4. The van der Waals surface area contributed by atoms with Gasteiger partial charge in [-0.3, -0.25) is 4.98 Å². The maximum atomic E-state index is 13.2. The van der Waals surface area contributed by atoms with Crippen LogP contribution in [0.2, 0.25) is 0 Å². The summed E-state index contributed by atoms with van der Waals surface area (Å²) < 4.78 is 44.9. The summed E-state index contributed by atoms with van der Waals surface area (Å²) in [4.78, 5) is 10.8. The first-order valence-corrected chi connectivity index (χ1v) is 8.53. The van der Waals surface area contributed by atoms with Gasteiger partial charge in [-0.1, -0.05) is 12.1 Å². The van der Waals surface area contributed by atoms with Crippen molar-refractivity contribution >= 4 is 28.2 Å². The highest BCUT2D eigenvalue weighted by Gasteiger charge is 2.31. The minimum atomic E-state index is -4.42. The number of halogens is 3. The van der Waals surface area contributed by atoms with Crippen molar-refractivity contribution in [2.75, 3.05) is 36.5 Å². The lowest BCUT2D eigenvalue weighted by Gasteiger charge is -2.31. The number of anilines is 3. The van der Waals surface area contributed by atoms with Gasteiger partial charge in [0.05, 0.1) is 47.4 Å². The third-order valence-electron chi connectivity index (χ3n) is 4.39. The Labute approximate surface area is 153 Å². The van der Waals surface area contributed by atoms with E-state index >= 15 is 0 Å². The summed E-state index contributed by atoms with van der Waals surface area (Å²) >= 11 is 0. The zero-order chi connectivity index (χ0) is 18.9. The number of fused-ring (bicyclic) bond motifs is 1. The molecule has 0 amide bonds. The van der Waals surface area contributed by atoms with Crippen LogP contribution in [0.5, 0.6) is 0 Å². The second-order valence-electron chi connectivity index (χ2n) is 6.20. The Morgan fingerprint density at radius 1 is 1.00 bits per heavy atom. The number of ether oxygens (including phenoxy) is 1. The van der Waals surface area contributed by atoms with Gasteiger partial charge in [0.15, 0.2) is 0 Å². The Kier molecular flexibility index (Phi) is 4.57. The number of morpholine rings is 1. The molecule has 2 heterocycles. The molecule has 0 unspecified atom stereocenters. The van der Waals surface area contributed by atoms with E-state index in [1.807, 2.05) is 29.2 Å². The molecule has 0 saturated carbocycles. The molecule has 1 saturated heterocycles. The molecule has 27 heavy (non-hydrogen) atoms. The lowest BCUT2D eigenvalue weighted by molar-refractivity contribution is -0.137. The van der Waals surface area contributed by atoms with Gasteiger partial charge in [0.2, 0.25) is 0 Å². The molecule has 0 aliphatic carbocycles. The Bertz CT molecular complexity index is 955. The Balaban J connectivity index is 1.73. The molecule has 0 bridgehead atoms. The fourth-order valence-electron chi connectivity index (χ4n) is 3.05. The zero-order valence-corrected chi connectivity index (χ0v) is 14.3. The average molecular weight is 374 g/mol. The standard InChI is InChI=1S/C19H17F3N4O/c20-19(21,22)13-5-6-17(26-7-9-27-10-8-26)16(11-13)25-18-12-23-14-3-1-2-4-15(14)24-18/h1-6,11-12H,7-10H2,(H,24,25). The second kappa shape index (κ2) is 7.03. The molecule has 1 fully saturated rings. The second-order valence-corrected chi connectivity index (χ2v) is 6.20. The molecular weight excluding hydrogens is 357 g/mol. The van der Waals surface area contributed by atoms with Crippen LogP contribution in [0.1, 0.15) is 5.56 Å². The number of nitrogens with one attached hydrogen (secondary N) is 1. The zero-order valence-electron chi connectivity index (χ0n) is 14.3. The average Bonchev–Trinajstić information content (AvgIpc) is 2.68. The first-order valence-electron chi connectivity index (χ1n) is 8.53. The van der Waals surface area contributed by atoms with Crippen molar-refractivity contribution in [3.63, 3.8) is 0 Å². The molecule has 8 heteroatoms. The van der Waals surface area contributed by atoms with Crippen LogP contribution in [-0.2, 0) is 10.9 Å². The van der Waals surface area contributed by atoms with Gasteiger partial charge in [-0.15, -0.1) is 0 Å². The van der Waals surface area contributed by atoms with Gasteiger partial charge >= 0.3 is 6.18 Å². The van der Waals surface area contributed by atoms with E-state index < -0.39 is 11.7 Å². The SMILES string of the molecule is FC(F)(F)c1ccc(N2CCOCC2)c(Nc2cnc3ccccc3n2)c1. The Morgan fingerprint density at radius 2 is 1.74 bits per heavy atom. The minimum Gasteiger partial charge on any atom is -0.378 e. The van der Waals surface area contributed by atoms with Gasteiger partial charge in [0, 0.05) is 13.1 Å². The fraction of sp³-hybridized carbons (Fsp3) is 0.263. The third-order valence-corrected chi connectivity index (χ3v) is 4.39. The quantitative estimate of drug-likeness (QED) is 0.744. The topological polar surface area (TPSA) is 50.3 Å². The molecule has 2 aromatic carbocycles. The molecule has 1 aromatic heterocycles. The summed E-state index contributed by atoms with van der Waals surface area (Å²) in [5.41, 5.74) is 1.70. The van der Waals surface area contributed by atoms with Crippen LogP contribution in [0.4, 0.5) is 30.4 Å². The largest absolute Gasteiger partial charge is 0.416 e. The van der Waals surface area contributed by atoms with Crippen molar-refractivity contribution in [3.05, 3.63) is 54.2 Å². The summed E-state index contributed by atoms with van der Waals surface area (Å²) in [6, 6.07) is 11.0. The maximum Gasteiger partial charge on any atom is 0.416 e. The Morgan fingerprint density at radius 3 is 2.48 bits per heavy atom. The number of nitrogens with zero attached hydrogens (tertiary/aromatic N) is 3. The molecule has 1 N–H and O–H groups in total. The van der Waals surface area contributed by atoms with E-state index in [2.05, 4.69) is 15.3 Å². The van der Waals surface area contributed by atoms with E-state index in [1.165, 1.54) is 12.3 Å². The van der Waals surface area contributed by atoms with Gasteiger partial charge in [0.25, 0.3) is 0 Å². The monoisotopic (exact) mass is 374 g/mol. The van der Waals surface area contributed by atoms with Crippen molar-refractivity contribution in [1.29, 1.82) is 0 Å². The maximum absolute atomic E-state index is 13.2. The molecule has 0 atom stereocenters. The van der Waals surface area contributed by atoms with Gasteiger partial charge in [-0.25, -0.2) is 4.98 Å². The fourth-order valence-corrected chi connectivity index (χ4v) is 3.05. The number of aromatic nitrogens is 2. The smallest absolute Gasteiger partial charge is 0.378 e. The first-order chi connectivity index (χ1) is 13.0. The van der Waals surface area contributed by atoms with Crippen LogP contribution >= 0.6 is 0 Å². The van der Waals surface area contributed by atoms with Crippen LogP contribution in [0.3, 0.4) is 0 Å². The number of alkyl halides is 3. The number of benzene rings is 2. The van der Waals surface area contributed by atoms with E-state index in [0.29, 0.717) is 49.0 Å². The summed E-state index contributed by atoms with van der Waals surface area (Å²) in [6.45, 7) is 2.30. The third kappa shape index (κ3) is 3.80. The van der Waals surface area contributed by atoms with Crippen molar-refractivity contribution in [2.45, 2.75) is 6.18 Å². The molecule has 4 rings (SSSR count). The summed E-state index contributed by atoms with van der Waals surface area (Å²) in [5.74, 6) is 0.391. The summed E-state index contributed by atoms with van der Waals surface area (Å²) in [6.07, 6.45) is -2.90. The number of hydrogen-bond donors (Lipinski definition) is 1. The van der Waals surface area contributed by atoms with Gasteiger partial charge in [-0.05, 0) is 30.3 Å². The predicted octanol–water partition coefficient (Wildman–Crippen LogP) is 4.23. The molecule has 0 spiro atoms. The lowest BCUT2D eigenvalue weighted by Crippen LogP contribution is -2.36. The molecule has 0 radical (unpaired) electrons. The van der Waals surface area contributed by atoms with E-state index in [4.69, 9.17) is 4.74 Å². The number of rotatable bonds is 3. The van der Waals surface area contributed by atoms with Crippen molar-refractivity contribution in [2.24, 2.45) is 0 Å². The number of para-hydroxylation sites is 2. The molecule has 1 aliphatic heterocycles. The predicted molar refractivity (Wildman–Crippen MR) is 97.3 cm³/mol. The lowest BCUT2D eigenvalue weighted by atomic mass is 10.1. The molecular formula is C19H17F3N4O. The summed E-state index contributed by atoms with van der Waals surface area (Å²) in [5, 5.41) is 3.02. The van der Waals surface area contributed by atoms with Gasteiger partial charge < -0.3 is 15.0 Å². The highest BCUT2D eigenvalue weighted by molar-refractivity contribution is 5.79. The number of hydrogen-bond acceptors (Lipinski definition) is 5. The van der Waals surface area contributed by atoms with Crippen LogP contribution in [-0.4, -0.2) is 36.3 Å². The molecule has 5 nitrogen and oxygen atoms in total. The summed E-state index contributed by atoms with van der Waals surface area (Å²) in [7, 11) is 0. The van der Waals surface area contributed by atoms with E-state index in [1.54, 1.807) is 0 Å². The van der Waals surface area contributed by atoms with Gasteiger partial charge in [0.1, 0.15) is 5.82 Å². The van der Waals surface area contributed by atoms with Crippen LogP contribution in [0.15, 0.2) is 48.7 Å². The molecule has 1 aliphatic rings. The molecule has 3 aromatic rings. The normalized spacial score (nSPS) is 15.1. The van der Waals surface area contributed by atoms with Crippen molar-refractivity contribution < 1.29 is 17.9 Å².